The highest BCUT2D eigenvalue weighted by atomic mass is 19.1. The van der Waals surface area contributed by atoms with E-state index in [2.05, 4.69) is 5.43 Å². The number of rotatable bonds is 5. The van der Waals surface area contributed by atoms with Gasteiger partial charge in [0.25, 0.3) is 0 Å². The van der Waals surface area contributed by atoms with Crippen LogP contribution in [0.15, 0.2) is 18.2 Å². The second-order valence-electron chi connectivity index (χ2n) is 5.15. The van der Waals surface area contributed by atoms with Crippen molar-refractivity contribution in [1.82, 2.24) is 5.43 Å². The summed E-state index contributed by atoms with van der Waals surface area (Å²) in [5.74, 6) is 5.17. The van der Waals surface area contributed by atoms with E-state index in [0.717, 1.165) is 6.42 Å². The van der Waals surface area contributed by atoms with E-state index >= 15 is 0 Å². The van der Waals surface area contributed by atoms with Crippen molar-refractivity contribution in [2.24, 2.45) is 11.8 Å². The van der Waals surface area contributed by atoms with Crippen LogP contribution in [0.1, 0.15) is 37.7 Å². The Hall–Kier alpha value is -1.00. The molecule has 1 aliphatic rings. The van der Waals surface area contributed by atoms with Crippen LogP contribution in [0.4, 0.5) is 8.78 Å². The fourth-order valence-electron chi connectivity index (χ4n) is 2.83. The molecule has 0 aromatic heterocycles. The normalized spacial score (nSPS) is 18.2. The van der Waals surface area contributed by atoms with Crippen LogP contribution in [0.25, 0.3) is 0 Å². The molecule has 100 valence electrons. The Kier molecular flexibility index (Phi) is 4.66. The van der Waals surface area contributed by atoms with Gasteiger partial charge in [-0.25, -0.2) is 8.78 Å². The van der Waals surface area contributed by atoms with Crippen LogP contribution in [-0.2, 0) is 6.42 Å². The van der Waals surface area contributed by atoms with Crippen LogP contribution >= 0.6 is 0 Å². The Labute approximate surface area is 107 Å². The minimum Gasteiger partial charge on any atom is -0.271 e. The largest absolute Gasteiger partial charge is 0.271 e. The Morgan fingerprint density at radius 1 is 1.22 bits per heavy atom. The molecular formula is C14H20F2N2. The maximum Gasteiger partial charge on any atom is 0.129 e. The average molecular weight is 254 g/mol. The number of hydrogen-bond donors (Lipinski definition) is 2. The van der Waals surface area contributed by atoms with E-state index < -0.39 is 11.6 Å². The van der Waals surface area contributed by atoms with Crippen molar-refractivity contribution < 1.29 is 8.78 Å². The van der Waals surface area contributed by atoms with Crippen LogP contribution in [0.3, 0.4) is 0 Å². The first-order valence-electron chi connectivity index (χ1n) is 6.59. The first-order valence-corrected chi connectivity index (χ1v) is 6.59. The van der Waals surface area contributed by atoms with Crippen LogP contribution < -0.4 is 11.3 Å². The highest BCUT2D eigenvalue weighted by molar-refractivity contribution is 5.20. The molecule has 1 atom stereocenters. The minimum atomic E-state index is -0.485. The molecule has 1 saturated carbocycles. The Morgan fingerprint density at radius 3 is 2.39 bits per heavy atom. The summed E-state index contributed by atoms with van der Waals surface area (Å²) in [5.41, 5.74) is 2.84. The molecule has 2 rings (SSSR count). The molecule has 0 spiro atoms. The van der Waals surface area contributed by atoms with Crippen molar-refractivity contribution in [2.45, 2.75) is 44.6 Å². The summed E-state index contributed by atoms with van der Waals surface area (Å²) >= 11 is 0. The van der Waals surface area contributed by atoms with E-state index in [4.69, 9.17) is 5.84 Å². The van der Waals surface area contributed by atoms with Gasteiger partial charge in [0.2, 0.25) is 0 Å². The van der Waals surface area contributed by atoms with Gasteiger partial charge in [-0.3, -0.25) is 11.3 Å². The number of hydrogen-bond acceptors (Lipinski definition) is 2. The van der Waals surface area contributed by atoms with Crippen molar-refractivity contribution in [3.05, 3.63) is 35.4 Å². The molecule has 1 aromatic rings. The van der Waals surface area contributed by atoms with Crippen molar-refractivity contribution in [3.63, 3.8) is 0 Å². The fourth-order valence-corrected chi connectivity index (χ4v) is 2.83. The zero-order chi connectivity index (χ0) is 13.0. The third-order valence-electron chi connectivity index (χ3n) is 3.84. The van der Waals surface area contributed by atoms with E-state index in [0.29, 0.717) is 12.3 Å². The fraction of sp³-hybridized carbons (Fsp3) is 0.571. The Balaban J connectivity index is 2.00. The summed E-state index contributed by atoms with van der Waals surface area (Å²) in [6, 6.07) is 3.92. The van der Waals surface area contributed by atoms with E-state index in [1.54, 1.807) is 0 Å². The van der Waals surface area contributed by atoms with Crippen LogP contribution in [0.2, 0.25) is 0 Å². The number of hydrazine groups is 1. The molecule has 0 bridgehead atoms. The van der Waals surface area contributed by atoms with Crippen molar-refractivity contribution in [1.29, 1.82) is 0 Å². The van der Waals surface area contributed by atoms with E-state index in [9.17, 15) is 8.78 Å². The minimum absolute atomic E-state index is 0.0560. The van der Waals surface area contributed by atoms with Gasteiger partial charge in [-0.1, -0.05) is 31.7 Å². The van der Waals surface area contributed by atoms with Crippen molar-refractivity contribution >= 4 is 0 Å². The quantitative estimate of drug-likeness (QED) is 0.626. The predicted octanol–water partition coefficient (Wildman–Crippen LogP) is 2.92. The van der Waals surface area contributed by atoms with Crippen molar-refractivity contribution in [2.75, 3.05) is 0 Å². The summed E-state index contributed by atoms with van der Waals surface area (Å²) in [5, 5.41) is 0. The predicted molar refractivity (Wildman–Crippen MR) is 67.7 cm³/mol. The summed E-state index contributed by atoms with van der Waals surface area (Å²) in [7, 11) is 0. The topological polar surface area (TPSA) is 38.0 Å². The lowest BCUT2D eigenvalue weighted by atomic mass is 9.94. The number of nitrogens with two attached hydrogens (primary N) is 1. The smallest absolute Gasteiger partial charge is 0.129 e. The molecule has 4 heteroatoms. The molecule has 3 N–H and O–H groups in total. The van der Waals surface area contributed by atoms with E-state index in [-0.39, 0.29) is 11.6 Å². The summed E-state index contributed by atoms with van der Waals surface area (Å²) in [6.45, 7) is 0. The molecule has 2 nitrogen and oxygen atoms in total. The lowest BCUT2D eigenvalue weighted by Gasteiger charge is -2.20. The van der Waals surface area contributed by atoms with Gasteiger partial charge in [0.1, 0.15) is 11.6 Å². The lowest BCUT2D eigenvalue weighted by Crippen LogP contribution is -2.38. The monoisotopic (exact) mass is 254 g/mol. The first-order chi connectivity index (χ1) is 8.70. The SMILES string of the molecule is NNC(Cc1c(F)cccc1F)CC1CCCC1. The second kappa shape index (κ2) is 6.25. The standard InChI is InChI=1S/C14H20F2N2/c15-13-6-3-7-14(16)12(13)9-11(18-17)8-10-4-1-2-5-10/h3,6-7,10-11,18H,1-2,4-5,8-9,17H2. The molecule has 1 unspecified atom stereocenters. The molecule has 0 amide bonds. The van der Waals surface area contributed by atoms with Crippen LogP contribution in [0, 0.1) is 17.6 Å². The Morgan fingerprint density at radius 2 is 1.83 bits per heavy atom. The molecule has 1 fully saturated rings. The lowest BCUT2D eigenvalue weighted by molar-refractivity contribution is 0.381. The summed E-state index contributed by atoms with van der Waals surface area (Å²) in [6.07, 6.45) is 6.14. The molecule has 0 heterocycles. The van der Waals surface area contributed by atoms with Gasteiger partial charge in [0, 0.05) is 11.6 Å². The van der Waals surface area contributed by atoms with E-state index in [1.165, 1.54) is 43.9 Å². The van der Waals surface area contributed by atoms with Gasteiger partial charge in [0.15, 0.2) is 0 Å². The van der Waals surface area contributed by atoms with E-state index in [1.807, 2.05) is 0 Å². The first kappa shape index (κ1) is 13.4. The summed E-state index contributed by atoms with van der Waals surface area (Å²) < 4.78 is 27.1. The molecular weight excluding hydrogens is 234 g/mol. The summed E-state index contributed by atoms with van der Waals surface area (Å²) in [4.78, 5) is 0. The second-order valence-corrected chi connectivity index (χ2v) is 5.15. The highest BCUT2D eigenvalue weighted by Gasteiger charge is 2.21. The number of halogens is 2. The molecule has 0 aliphatic heterocycles. The third-order valence-corrected chi connectivity index (χ3v) is 3.84. The molecule has 0 saturated heterocycles. The average Bonchev–Trinajstić information content (AvgIpc) is 2.85. The third kappa shape index (κ3) is 3.27. The number of benzene rings is 1. The Bertz CT molecular complexity index is 369. The molecule has 18 heavy (non-hydrogen) atoms. The number of nitrogens with one attached hydrogen (secondary N) is 1. The van der Waals surface area contributed by atoms with Crippen molar-refractivity contribution in [3.8, 4) is 0 Å². The molecule has 1 aliphatic carbocycles. The highest BCUT2D eigenvalue weighted by Crippen LogP contribution is 2.29. The van der Waals surface area contributed by atoms with Crippen LogP contribution in [-0.4, -0.2) is 6.04 Å². The van der Waals surface area contributed by atoms with Gasteiger partial charge in [0.05, 0.1) is 0 Å². The molecule has 0 radical (unpaired) electrons. The van der Waals surface area contributed by atoms with Gasteiger partial charge in [-0.05, 0) is 30.9 Å². The van der Waals surface area contributed by atoms with Gasteiger partial charge < -0.3 is 0 Å². The maximum absolute atomic E-state index is 13.6. The van der Waals surface area contributed by atoms with Crippen LogP contribution in [0.5, 0.6) is 0 Å². The van der Waals surface area contributed by atoms with Gasteiger partial charge in [-0.15, -0.1) is 0 Å². The zero-order valence-electron chi connectivity index (χ0n) is 10.5. The maximum atomic E-state index is 13.6. The molecule has 1 aromatic carbocycles. The van der Waals surface area contributed by atoms with Gasteiger partial charge >= 0.3 is 0 Å². The zero-order valence-corrected chi connectivity index (χ0v) is 10.5. The van der Waals surface area contributed by atoms with Gasteiger partial charge in [-0.2, -0.15) is 0 Å².